The number of Topliss-reactive ketones (excluding diaryl/α,β-unsaturated/α-hetero) is 1. The van der Waals surface area contributed by atoms with Crippen molar-refractivity contribution < 1.29 is 23.5 Å². The van der Waals surface area contributed by atoms with E-state index in [1.807, 2.05) is 26.0 Å². The lowest BCUT2D eigenvalue weighted by atomic mass is 9.96. The summed E-state index contributed by atoms with van der Waals surface area (Å²) >= 11 is 2.38. The first kappa shape index (κ1) is 24.9. The number of carbonyl (C=O) groups is 2. The summed E-state index contributed by atoms with van der Waals surface area (Å²) in [5, 5.41) is 19.8. The zero-order valence-corrected chi connectivity index (χ0v) is 21.8. The monoisotopic (exact) mass is 535 g/mol. The van der Waals surface area contributed by atoms with E-state index in [1.165, 1.54) is 22.7 Å². The second-order valence-corrected chi connectivity index (χ2v) is 10.8. The van der Waals surface area contributed by atoms with Crippen LogP contribution in [0, 0.1) is 26.6 Å². The fourth-order valence-corrected chi connectivity index (χ4v) is 6.00. The molecule has 1 unspecified atom stereocenters. The quantitative estimate of drug-likeness (QED) is 0.105. The van der Waals surface area contributed by atoms with Crippen molar-refractivity contribution in [3.8, 4) is 0 Å². The third kappa shape index (κ3) is 4.70. The number of ketones is 1. The highest BCUT2D eigenvalue weighted by Gasteiger charge is 2.50. The normalized spacial score (nSPS) is 17.1. The van der Waals surface area contributed by atoms with Gasteiger partial charge in [-0.1, -0.05) is 59.0 Å². The lowest BCUT2D eigenvalue weighted by Crippen LogP contribution is -2.29. The van der Waals surface area contributed by atoms with Gasteiger partial charge in [-0.3, -0.25) is 14.5 Å². The minimum absolute atomic E-state index is 0.0798. The van der Waals surface area contributed by atoms with E-state index >= 15 is 0 Å². The predicted octanol–water partition coefficient (Wildman–Crippen LogP) is 6.11. The Morgan fingerprint density at radius 1 is 1.11 bits per heavy atom. The zero-order chi connectivity index (χ0) is 26.3. The number of carbonyl (C=O) groups excluding carboxylic acids is 2. The molecule has 7 nitrogen and oxygen atoms in total. The number of furan rings is 1. The SMILES string of the molecule is Cc1ccc(C)c(C(O)=C2C(=O)C(=O)N(c3nnc(SCc4ccccc4F)s3)C2c2ccc(C)o2)c1. The van der Waals surface area contributed by atoms with Crippen LogP contribution in [-0.2, 0) is 15.3 Å². The van der Waals surface area contributed by atoms with Crippen molar-refractivity contribution in [3.05, 3.63) is 99.8 Å². The standard InChI is InChI=1S/C27H22FN3O4S2/c1-14-8-9-15(2)18(12-14)23(32)21-22(20-11-10-16(3)35-20)31(25(34)24(21)33)26-29-30-27(37-26)36-13-17-6-4-5-7-19(17)28/h4-12,22,32H,13H2,1-3H3. The maximum absolute atomic E-state index is 14.0. The van der Waals surface area contributed by atoms with Gasteiger partial charge in [-0.05, 0) is 56.2 Å². The first-order valence-corrected chi connectivity index (χ1v) is 13.2. The molecule has 0 aliphatic carbocycles. The van der Waals surface area contributed by atoms with E-state index in [9.17, 15) is 19.1 Å². The highest BCUT2D eigenvalue weighted by Crippen LogP contribution is 2.44. The first-order chi connectivity index (χ1) is 17.7. The van der Waals surface area contributed by atoms with Gasteiger partial charge in [-0.15, -0.1) is 10.2 Å². The van der Waals surface area contributed by atoms with Crippen molar-refractivity contribution in [1.29, 1.82) is 0 Å². The number of aromatic nitrogens is 2. The van der Waals surface area contributed by atoms with E-state index in [0.29, 0.717) is 32.7 Å². The van der Waals surface area contributed by atoms with Crippen molar-refractivity contribution in [1.82, 2.24) is 10.2 Å². The van der Waals surface area contributed by atoms with E-state index in [1.54, 1.807) is 43.3 Å². The highest BCUT2D eigenvalue weighted by molar-refractivity contribution is 8.00. The molecule has 1 aliphatic heterocycles. The molecule has 188 valence electrons. The lowest BCUT2D eigenvalue weighted by Gasteiger charge is -2.20. The Kier molecular flexibility index (Phi) is 6.70. The van der Waals surface area contributed by atoms with Crippen LogP contribution in [0.25, 0.3) is 5.76 Å². The van der Waals surface area contributed by atoms with Gasteiger partial charge in [-0.25, -0.2) is 4.39 Å². The molecule has 1 saturated heterocycles. The number of benzene rings is 2. The Labute approximate surface area is 220 Å². The van der Waals surface area contributed by atoms with Crippen LogP contribution in [0.4, 0.5) is 9.52 Å². The molecule has 0 radical (unpaired) electrons. The Balaban J connectivity index is 1.55. The third-order valence-corrected chi connectivity index (χ3v) is 8.14. The van der Waals surface area contributed by atoms with E-state index in [2.05, 4.69) is 10.2 Å². The molecule has 4 aromatic rings. The number of hydrogen-bond donors (Lipinski definition) is 1. The van der Waals surface area contributed by atoms with Gasteiger partial charge >= 0.3 is 5.91 Å². The molecule has 1 aliphatic rings. The van der Waals surface area contributed by atoms with Crippen LogP contribution in [0.1, 0.15) is 39.8 Å². The van der Waals surface area contributed by atoms with Gasteiger partial charge in [0.15, 0.2) is 4.34 Å². The number of nitrogens with zero attached hydrogens (tertiary/aromatic N) is 3. The number of anilines is 1. The predicted molar refractivity (Wildman–Crippen MR) is 140 cm³/mol. The number of aliphatic hydroxyl groups excluding tert-OH is 1. The van der Waals surface area contributed by atoms with E-state index in [4.69, 9.17) is 4.42 Å². The van der Waals surface area contributed by atoms with Crippen molar-refractivity contribution in [3.63, 3.8) is 0 Å². The van der Waals surface area contributed by atoms with Crippen molar-refractivity contribution in [2.24, 2.45) is 0 Å². The summed E-state index contributed by atoms with van der Waals surface area (Å²) in [5.41, 5.74) is 2.55. The summed E-state index contributed by atoms with van der Waals surface area (Å²) in [6.45, 7) is 5.45. The van der Waals surface area contributed by atoms with Gasteiger partial charge < -0.3 is 9.52 Å². The van der Waals surface area contributed by atoms with Gasteiger partial charge in [0.05, 0.1) is 5.57 Å². The van der Waals surface area contributed by atoms with E-state index in [0.717, 1.165) is 22.5 Å². The summed E-state index contributed by atoms with van der Waals surface area (Å²) in [5.74, 6) is -1.04. The van der Waals surface area contributed by atoms with Gasteiger partial charge in [0.1, 0.15) is 29.1 Å². The summed E-state index contributed by atoms with van der Waals surface area (Å²) in [6.07, 6.45) is 0. The van der Waals surface area contributed by atoms with Crippen LogP contribution in [0.5, 0.6) is 0 Å². The molecule has 2 aromatic carbocycles. The molecular formula is C27H22FN3O4S2. The van der Waals surface area contributed by atoms with Gasteiger partial charge in [-0.2, -0.15) is 0 Å². The molecule has 1 atom stereocenters. The minimum Gasteiger partial charge on any atom is -0.507 e. The lowest BCUT2D eigenvalue weighted by molar-refractivity contribution is -0.132. The summed E-state index contributed by atoms with van der Waals surface area (Å²) in [7, 11) is 0. The topological polar surface area (TPSA) is 96.5 Å². The Morgan fingerprint density at radius 3 is 2.62 bits per heavy atom. The second-order valence-electron chi connectivity index (χ2n) is 8.67. The molecule has 0 saturated carbocycles. The number of amides is 1. The molecular weight excluding hydrogens is 513 g/mol. The van der Waals surface area contributed by atoms with Gasteiger partial charge in [0.2, 0.25) is 5.13 Å². The van der Waals surface area contributed by atoms with E-state index in [-0.39, 0.29) is 22.3 Å². The van der Waals surface area contributed by atoms with Crippen LogP contribution < -0.4 is 4.90 Å². The van der Waals surface area contributed by atoms with Gasteiger partial charge in [0, 0.05) is 11.3 Å². The number of thioether (sulfide) groups is 1. The van der Waals surface area contributed by atoms with Crippen LogP contribution in [0.15, 0.2) is 68.9 Å². The second kappa shape index (κ2) is 9.95. The maximum atomic E-state index is 14.0. The summed E-state index contributed by atoms with van der Waals surface area (Å²) in [6, 6.07) is 14.3. The largest absolute Gasteiger partial charge is 0.507 e. The number of hydrogen-bond acceptors (Lipinski definition) is 8. The molecule has 1 fully saturated rings. The zero-order valence-electron chi connectivity index (χ0n) is 20.2. The third-order valence-electron chi connectivity index (χ3n) is 6.03. The van der Waals surface area contributed by atoms with E-state index < -0.39 is 17.7 Å². The average Bonchev–Trinajstić information content (AvgIpc) is 3.58. The Morgan fingerprint density at radius 2 is 1.89 bits per heavy atom. The van der Waals surface area contributed by atoms with Crippen molar-refractivity contribution in [2.45, 2.75) is 36.9 Å². The minimum atomic E-state index is -1.02. The Bertz CT molecular complexity index is 1560. The van der Waals surface area contributed by atoms with Crippen LogP contribution in [0.3, 0.4) is 0 Å². The number of rotatable bonds is 6. The maximum Gasteiger partial charge on any atom is 0.302 e. The molecule has 37 heavy (non-hydrogen) atoms. The molecule has 0 bridgehead atoms. The smallest absolute Gasteiger partial charge is 0.302 e. The fourth-order valence-electron chi connectivity index (χ4n) is 4.15. The first-order valence-electron chi connectivity index (χ1n) is 11.4. The van der Waals surface area contributed by atoms with Crippen LogP contribution in [-0.4, -0.2) is 27.0 Å². The van der Waals surface area contributed by atoms with Crippen LogP contribution >= 0.6 is 23.1 Å². The molecule has 5 rings (SSSR count). The number of halogens is 1. The van der Waals surface area contributed by atoms with Gasteiger partial charge in [0.25, 0.3) is 5.78 Å². The molecule has 1 amide bonds. The van der Waals surface area contributed by atoms with Crippen molar-refractivity contribution >= 4 is 45.7 Å². The van der Waals surface area contributed by atoms with Crippen LogP contribution in [0.2, 0.25) is 0 Å². The molecule has 1 N–H and O–H groups in total. The fraction of sp³-hybridized carbons (Fsp3) is 0.185. The highest BCUT2D eigenvalue weighted by atomic mass is 32.2. The average molecular weight is 536 g/mol. The van der Waals surface area contributed by atoms with Crippen molar-refractivity contribution in [2.75, 3.05) is 4.90 Å². The number of aryl methyl sites for hydroxylation is 3. The Hall–Kier alpha value is -3.76. The molecule has 3 heterocycles. The molecule has 2 aromatic heterocycles. The summed E-state index contributed by atoms with van der Waals surface area (Å²) in [4.78, 5) is 27.8. The molecule has 10 heteroatoms. The number of aliphatic hydroxyl groups is 1. The summed E-state index contributed by atoms with van der Waals surface area (Å²) < 4.78 is 20.3. The molecule has 0 spiro atoms.